The van der Waals surface area contributed by atoms with Gasteiger partial charge in [0.25, 0.3) is 0 Å². The Morgan fingerprint density at radius 1 is 1.28 bits per heavy atom. The van der Waals surface area contributed by atoms with E-state index in [0.717, 1.165) is 18.4 Å². The highest BCUT2D eigenvalue weighted by molar-refractivity contribution is 5.87. The molecule has 0 atom stereocenters. The van der Waals surface area contributed by atoms with E-state index in [2.05, 4.69) is 27.7 Å². The predicted octanol–water partition coefficient (Wildman–Crippen LogP) is 1.49. The van der Waals surface area contributed by atoms with Gasteiger partial charge in [-0.2, -0.15) is 4.80 Å². The first-order chi connectivity index (χ1) is 12.0. The molecule has 1 saturated carbocycles. The smallest absolute Gasteiger partial charge is 0.329 e. The molecule has 132 valence electrons. The molecular weight excluding hydrogens is 322 g/mol. The molecular formula is C17H21N5O3. The number of carbonyl (C=O) groups is 2. The lowest BCUT2D eigenvalue weighted by Crippen LogP contribution is -2.57. The molecule has 1 aliphatic rings. The summed E-state index contributed by atoms with van der Waals surface area (Å²) in [5.41, 5.74) is -0.385. The maximum absolute atomic E-state index is 12.3. The fourth-order valence-corrected chi connectivity index (χ4v) is 3.10. The van der Waals surface area contributed by atoms with Crippen molar-refractivity contribution in [3.8, 4) is 11.4 Å². The van der Waals surface area contributed by atoms with E-state index in [4.69, 9.17) is 0 Å². The van der Waals surface area contributed by atoms with Crippen molar-refractivity contribution in [1.29, 1.82) is 0 Å². The molecule has 1 aromatic heterocycles. The van der Waals surface area contributed by atoms with Gasteiger partial charge in [0.05, 0.1) is 0 Å². The number of aliphatic carboxylic acids is 1. The molecule has 0 bridgehead atoms. The topological polar surface area (TPSA) is 110 Å². The first-order valence-corrected chi connectivity index (χ1v) is 8.36. The lowest BCUT2D eigenvalue weighted by Gasteiger charge is -2.36. The molecule has 0 spiro atoms. The van der Waals surface area contributed by atoms with E-state index >= 15 is 0 Å². The van der Waals surface area contributed by atoms with Gasteiger partial charge in [0, 0.05) is 5.56 Å². The van der Waals surface area contributed by atoms with Crippen molar-refractivity contribution in [1.82, 2.24) is 25.5 Å². The number of carboxylic acid groups (broad SMARTS) is 1. The van der Waals surface area contributed by atoms with Crippen LogP contribution in [0.3, 0.4) is 0 Å². The van der Waals surface area contributed by atoms with Gasteiger partial charge in [0.2, 0.25) is 11.7 Å². The maximum atomic E-state index is 12.3. The van der Waals surface area contributed by atoms with Gasteiger partial charge in [-0.05, 0) is 36.8 Å². The van der Waals surface area contributed by atoms with Crippen LogP contribution in [0.4, 0.5) is 0 Å². The maximum Gasteiger partial charge on any atom is 0.329 e. The SMILES string of the molecule is CC1CCC(NC(=O)Cn2nnc(-c3ccccc3)n2)(C(=O)O)CC1. The van der Waals surface area contributed by atoms with Gasteiger partial charge in [-0.1, -0.05) is 37.3 Å². The Hall–Kier alpha value is -2.77. The number of carboxylic acids is 1. The van der Waals surface area contributed by atoms with E-state index in [0.29, 0.717) is 24.6 Å². The Bertz CT molecular complexity index is 751. The Morgan fingerprint density at radius 2 is 1.96 bits per heavy atom. The van der Waals surface area contributed by atoms with E-state index in [1.165, 1.54) is 4.80 Å². The van der Waals surface area contributed by atoms with Gasteiger partial charge in [0.15, 0.2) is 0 Å². The number of rotatable bonds is 5. The zero-order chi connectivity index (χ0) is 17.9. The summed E-state index contributed by atoms with van der Waals surface area (Å²) in [7, 11) is 0. The summed E-state index contributed by atoms with van der Waals surface area (Å²) in [6.07, 6.45) is 2.45. The van der Waals surface area contributed by atoms with Crippen molar-refractivity contribution >= 4 is 11.9 Å². The summed E-state index contributed by atoms with van der Waals surface area (Å²) in [5, 5.41) is 24.2. The largest absolute Gasteiger partial charge is 0.480 e. The number of hydrogen-bond donors (Lipinski definition) is 2. The second-order valence-electron chi connectivity index (χ2n) is 6.63. The Balaban J connectivity index is 1.66. The van der Waals surface area contributed by atoms with E-state index in [1.54, 1.807) is 0 Å². The molecule has 1 aromatic carbocycles. The normalized spacial score (nSPS) is 23.2. The molecule has 1 fully saturated rings. The molecule has 1 heterocycles. The van der Waals surface area contributed by atoms with Crippen LogP contribution in [0.2, 0.25) is 0 Å². The van der Waals surface area contributed by atoms with Crippen LogP contribution in [-0.4, -0.2) is 42.7 Å². The van der Waals surface area contributed by atoms with Gasteiger partial charge < -0.3 is 10.4 Å². The zero-order valence-corrected chi connectivity index (χ0v) is 14.1. The Labute approximate surface area is 145 Å². The van der Waals surface area contributed by atoms with Gasteiger partial charge in [0.1, 0.15) is 12.1 Å². The van der Waals surface area contributed by atoms with Crippen LogP contribution in [0.5, 0.6) is 0 Å². The van der Waals surface area contributed by atoms with Gasteiger partial charge >= 0.3 is 5.97 Å². The highest BCUT2D eigenvalue weighted by Crippen LogP contribution is 2.32. The van der Waals surface area contributed by atoms with E-state index < -0.39 is 17.4 Å². The van der Waals surface area contributed by atoms with Crippen molar-refractivity contribution in [3.05, 3.63) is 30.3 Å². The van der Waals surface area contributed by atoms with Crippen molar-refractivity contribution in [2.75, 3.05) is 0 Å². The van der Waals surface area contributed by atoms with E-state index in [-0.39, 0.29) is 6.54 Å². The highest BCUT2D eigenvalue weighted by Gasteiger charge is 2.42. The second-order valence-corrected chi connectivity index (χ2v) is 6.63. The minimum Gasteiger partial charge on any atom is -0.480 e. The minimum absolute atomic E-state index is 0.162. The number of nitrogens with one attached hydrogen (secondary N) is 1. The molecule has 0 aliphatic heterocycles. The summed E-state index contributed by atoms with van der Waals surface area (Å²) >= 11 is 0. The van der Waals surface area contributed by atoms with Gasteiger partial charge in [-0.25, -0.2) is 4.79 Å². The molecule has 2 aromatic rings. The van der Waals surface area contributed by atoms with E-state index in [9.17, 15) is 14.7 Å². The molecule has 3 rings (SSSR count). The van der Waals surface area contributed by atoms with Crippen LogP contribution in [0, 0.1) is 5.92 Å². The first-order valence-electron chi connectivity index (χ1n) is 8.36. The fourth-order valence-electron chi connectivity index (χ4n) is 3.10. The van der Waals surface area contributed by atoms with Crippen LogP contribution < -0.4 is 5.32 Å². The first kappa shape index (κ1) is 17.1. The summed E-state index contributed by atoms with van der Waals surface area (Å²) in [5.74, 6) is -0.499. The van der Waals surface area contributed by atoms with Gasteiger partial charge in [-0.3, -0.25) is 4.79 Å². The Morgan fingerprint density at radius 3 is 2.60 bits per heavy atom. The summed E-state index contributed by atoms with van der Waals surface area (Å²) < 4.78 is 0. The molecule has 1 aliphatic carbocycles. The summed E-state index contributed by atoms with van der Waals surface area (Å²) in [4.78, 5) is 25.2. The minimum atomic E-state index is -1.19. The molecule has 0 radical (unpaired) electrons. The third-order valence-corrected chi connectivity index (χ3v) is 4.69. The van der Waals surface area contributed by atoms with Crippen LogP contribution in [0.15, 0.2) is 30.3 Å². The van der Waals surface area contributed by atoms with Crippen LogP contribution in [-0.2, 0) is 16.1 Å². The molecule has 0 saturated heterocycles. The van der Waals surface area contributed by atoms with Crippen LogP contribution in [0.25, 0.3) is 11.4 Å². The number of tetrazole rings is 1. The molecule has 8 heteroatoms. The van der Waals surface area contributed by atoms with Gasteiger partial charge in [-0.15, -0.1) is 10.2 Å². The monoisotopic (exact) mass is 343 g/mol. The molecule has 0 unspecified atom stereocenters. The number of amides is 1. The number of nitrogens with zero attached hydrogens (tertiary/aromatic N) is 4. The average Bonchev–Trinajstić information content (AvgIpc) is 3.06. The third kappa shape index (κ3) is 3.84. The molecule has 8 nitrogen and oxygen atoms in total. The number of hydrogen-bond acceptors (Lipinski definition) is 5. The number of benzene rings is 1. The van der Waals surface area contributed by atoms with Crippen LogP contribution in [0.1, 0.15) is 32.6 Å². The van der Waals surface area contributed by atoms with Crippen molar-refractivity contribution in [2.45, 2.75) is 44.7 Å². The predicted molar refractivity (Wildman–Crippen MR) is 89.4 cm³/mol. The zero-order valence-electron chi connectivity index (χ0n) is 14.1. The van der Waals surface area contributed by atoms with E-state index in [1.807, 2.05) is 30.3 Å². The van der Waals surface area contributed by atoms with Crippen LogP contribution >= 0.6 is 0 Å². The molecule has 1 amide bonds. The standard InChI is InChI=1S/C17H21N5O3/c1-12-7-9-17(10-8-12,16(24)25)18-14(23)11-22-20-15(19-21-22)13-5-3-2-4-6-13/h2-6,12H,7-11H2,1H3,(H,18,23)(H,24,25). The third-order valence-electron chi connectivity index (χ3n) is 4.69. The molecule has 25 heavy (non-hydrogen) atoms. The van der Waals surface area contributed by atoms with Crippen molar-refractivity contribution < 1.29 is 14.7 Å². The quantitative estimate of drug-likeness (QED) is 0.851. The summed E-state index contributed by atoms with van der Waals surface area (Å²) in [6.45, 7) is 1.93. The Kier molecular flexibility index (Phi) is 4.78. The van der Waals surface area contributed by atoms with Crippen molar-refractivity contribution in [3.63, 3.8) is 0 Å². The lowest BCUT2D eigenvalue weighted by atomic mass is 9.77. The van der Waals surface area contributed by atoms with Crippen molar-refractivity contribution in [2.24, 2.45) is 5.92 Å². The lowest BCUT2D eigenvalue weighted by molar-refractivity contribution is -0.149. The highest BCUT2D eigenvalue weighted by atomic mass is 16.4. The average molecular weight is 343 g/mol. The second kappa shape index (κ2) is 7.00. The summed E-state index contributed by atoms with van der Waals surface area (Å²) in [6, 6.07) is 9.32. The number of aromatic nitrogens is 4. The fraction of sp³-hybridized carbons (Fsp3) is 0.471. The number of carbonyl (C=O) groups excluding carboxylic acids is 1. The molecule has 2 N–H and O–H groups in total.